The lowest BCUT2D eigenvalue weighted by Crippen LogP contribution is -2.38. The van der Waals surface area contributed by atoms with Crippen LogP contribution in [0.1, 0.15) is 77.5 Å². The summed E-state index contributed by atoms with van der Waals surface area (Å²) in [4.78, 5) is 43.5. The summed E-state index contributed by atoms with van der Waals surface area (Å²) < 4.78 is 10.2. The van der Waals surface area contributed by atoms with Crippen molar-refractivity contribution in [2.75, 3.05) is 20.2 Å². The molecule has 0 atom stereocenters. The number of carbonyl (C=O) groups excluding carboxylic acids is 3. The van der Waals surface area contributed by atoms with Crippen molar-refractivity contribution in [1.29, 1.82) is 0 Å². The average molecular weight is 514 g/mol. The van der Waals surface area contributed by atoms with Crippen molar-refractivity contribution >= 4 is 29.3 Å². The van der Waals surface area contributed by atoms with Crippen molar-refractivity contribution in [2.45, 2.75) is 69.9 Å². The number of esters is 1. The minimum absolute atomic E-state index is 0.0568. The van der Waals surface area contributed by atoms with E-state index >= 15 is 0 Å². The highest BCUT2D eigenvalue weighted by Gasteiger charge is 2.28. The number of nitrogens with zero attached hydrogens (tertiary/aromatic N) is 2. The second-order valence-electron chi connectivity index (χ2n) is 9.67. The van der Waals surface area contributed by atoms with Gasteiger partial charge in [0.1, 0.15) is 11.5 Å². The number of hydrogen-bond donors (Lipinski definition) is 1. The van der Waals surface area contributed by atoms with Crippen molar-refractivity contribution in [3.63, 3.8) is 0 Å². The molecule has 0 unspecified atom stereocenters. The van der Waals surface area contributed by atoms with Crippen molar-refractivity contribution in [3.8, 4) is 0 Å². The molecule has 2 heterocycles. The molecule has 1 aromatic carbocycles. The Kier molecular flexibility index (Phi) is 9.33. The summed E-state index contributed by atoms with van der Waals surface area (Å²) in [5, 5.41) is 4.13. The molecule has 1 N–H and O–H groups in total. The SMILES string of the molecule is COC(=O)CCC1CCC(NC(=O)c2cnc(C3CCN(C(=O)OCc4ccccc4)CC3)s2)CC1. The van der Waals surface area contributed by atoms with Crippen LogP contribution in [0.25, 0.3) is 0 Å². The minimum Gasteiger partial charge on any atom is -0.469 e. The lowest BCUT2D eigenvalue weighted by molar-refractivity contribution is -0.141. The molecule has 4 rings (SSSR count). The van der Waals surface area contributed by atoms with Crippen molar-refractivity contribution in [2.24, 2.45) is 5.92 Å². The second-order valence-corrected chi connectivity index (χ2v) is 10.7. The van der Waals surface area contributed by atoms with Crippen LogP contribution in [0.4, 0.5) is 4.79 Å². The van der Waals surface area contributed by atoms with Crippen molar-refractivity contribution in [1.82, 2.24) is 15.2 Å². The molecule has 1 aliphatic heterocycles. The first kappa shape index (κ1) is 26.1. The van der Waals surface area contributed by atoms with Crippen molar-refractivity contribution in [3.05, 3.63) is 52.0 Å². The van der Waals surface area contributed by atoms with Gasteiger partial charge in [0, 0.05) is 31.5 Å². The van der Waals surface area contributed by atoms with Gasteiger partial charge in [-0.15, -0.1) is 11.3 Å². The second kappa shape index (κ2) is 12.9. The van der Waals surface area contributed by atoms with Gasteiger partial charge in [-0.25, -0.2) is 9.78 Å². The quantitative estimate of drug-likeness (QED) is 0.504. The molecule has 2 amide bonds. The van der Waals surface area contributed by atoms with E-state index < -0.39 is 0 Å². The first-order valence-corrected chi connectivity index (χ1v) is 13.6. The number of ether oxygens (including phenoxy) is 2. The third kappa shape index (κ3) is 7.29. The maximum atomic E-state index is 12.8. The van der Waals surface area contributed by atoms with Gasteiger partial charge in [-0.3, -0.25) is 9.59 Å². The van der Waals surface area contributed by atoms with Gasteiger partial charge in [-0.2, -0.15) is 0 Å². The van der Waals surface area contributed by atoms with E-state index in [2.05, 4.69) is 10.3 Å². The topological polar surface area (TPSA) is 97.8 Å². The van der Waals surface area contributed by atoms with E-state index in [1.807, 2.05) is 30.3 Å². The zero-order chi connectivity index (χ0) is 25.3. The molecule has 0 bridgehead atoms. The van der Waals surface area contributed by atoms with E-state index in [-0.39, 0.29) is 36.5 Å². The molecule has 1 aromatic heterocycles. The zero-order valence-electron chi connectivity index (χ0n) is 20.8. The number of carbonyl (C=O) groups is 3. The van der Waals surface area contributed by atoms with Gasteiger partial charge < -0.3 is 19.7 Å². The Morgan fingerprint density at radius 3 is 2.47 bits per heavy atom. The molecule has 36 heavy (non-hydrogen) atoms. The number of likely N-dealkylation sites (tertiary alicyclic amines) is 1. The van der Waals surface area contributed by atoms with Crippen LogP contribution in [-0.2, 0) is 20.9 Å². The monoisotopic (exact) mass is 513 g/mol. The van der Waals surface area contributed by atoms with Crippen molar-refractivity contribution < 1.29 is 23.9 Å². The first-order valence-electron chi connectivity index (χ1n) is 12.8. The highest BCUT2D eigenvalue weighted by atomic mass is 32.1. The van der Waals surface area contributed by atoms with Crippen LogP contribution in [0.3, 0.4) is 0 Å². The van der Waals surface area contributed by atoms with E-state index in [4.69, 9.17) is 9.47 Å². The molecule has 0 spiro atoms. The third-order valence-corrected chi connectivity index (χ3v) is 8.38. The molecule has 194 valence electrons. The highest BCUT2D eigenvalue weighted by molar-refractivity contribution is 7.13. The molecule has 2 aromatic rings. The van der Waals surface area contributed by atoms with Gasteiger partial charge in [-0.05, 0) is 56.4 Å². The van der Waals surface area contributed by atoms with Gasteiger partial charge in [0.2, 0.25) is 0 Å². The number of methoxy groups -OCH3 is 1. The Balaban J connectivity index is 1.18. The maximum Gasteiger partial charge on any atom is 0.410 e. The van der Waals surface area contributed by atoms with Crippen LogP contribution < -0.4 is 5.32 Å². The van der Waals surface area contributed by atoms with Gasteiger partial charge in [0.25, 0.3) is 5.91 Å². The van der Waals surface area contributed by atoms with Gasteiger partial charge in [0.15, 0.2) is 0 Å². The number of piperidine rings is 1. The predicted octanol–water partition coefficient (Wildman–Crippen LogP) is 4.90. The Labute approximate surface area is 216 Å². The number of rotatable bonds is 8. The number of aromatic nitrogens is 1. The average Bonchev–Trinajstić information content (AvgIpc) is 3.42. The van der Waals surface area contributed by atoms with Crippen LogP contribution in [-0.4, -0.2) is 54.1 Å². The normalized spacial score (nSPS) is 20.5. The van der Waals surface area contributed by atoms with E-state index in [9.17, 15) is 14.4 Å². The summed E-state index contributed by atoms with van der Waals surface area (Å²) in [6.07, 6.45) is 8.24. The lowest BCUT2D eigenvalue weighted by atomic mass is 9.83. The molecular formula is C27H35N3O5S. The van der Waals surface area contributed by atoms with Crippen LogP contribution in [0.2, 0.25) is 0 Å². The Morgan fingerprint density at radius 1 is 1.06 bits per heavy atom. The summed E-state index contributed by atoms with van der Waals surface area (Å²) in [5.74, 6) is 0.562. The first-order chi connectivity index (χ1) is 17.5. The van der Waals surface area contributed by atoms with E-state index in [1.165, 1.54) is 18.4 Å². The number of thiazole rings is 1. The summed E-state index contributed by atoms with van der Waals surface area (Å²) >= 11 is 1.46. The molecule has 1 saturated heterocycles. The molecule has 9 heteroatoms. The van der Waals surface area contributed by atoms with Crippen LogP contribution >= 0.6 is 11.3 Å². The smallest absolute Gasteiger partial charge is 0.410 e. The molecule has 1 saturated carbocycles. The molecule has 2 aliphatic rings. The zero-order valence-corrected chi connectivity index (χ0v) is 21.6. The molecule has 1 aliphatic carbocycles. The standard InChI is InChI=1S/C27H35N3O5S/c1-34-24(31)12-9-19-7-10-22(11-8-19)29-25(32)23-17-28-26(36-23)21-13-15-30(16-14-21)27(33)35-18-20-5-3-2-4-6-20/h2-6,17,19,21-22H,7-16,18H2,1H3,(H,29,32). The fourth-order valence-electron chi connectivity index (χ4n) is 4.98. The van der Waals surface area contributed by atoms with Gasteiger partial charge >= 0.3 is 12.1 Å². The number of amides is 2. The fraction of sp³-hybridized carbons (Fsp3) is 0.556. The summed E-state index contributed by atoms with van der Waals surface area (Å²) in [5.41, 5.74) is 0.973. The third-order valence-electron chi connectivity index (χ3n) is 7.22. The molecule has 8 nitrogen and oxygen atoms in total. The van der Waals surface area contributed by atoms with Gasteiger partial charge in [-0.1, -0.05) is 30.3 Å². The summed E-state index contributed by atoms with van der Waals surface area (Å²) in [6, 6.07) is 9.84. The van der Waals surface area contributed by atoms with E-state index in [1.54, 1.807) is 11.1 Å². The molecule has 0 radical (unpaired) electrons. The Morgan fingerprint density at radius 2 is 1.78 bits per heavy atom. The van der Waals surface area contributed by atoms with Crippen LogP contribution in [0.5, 0.6) is 0 Å². The van der Waals surface area contributed by atoms with E-state index in [0.29, 0.717) is 30.3 Å². The van der Waals surface area contributed by atoms with Crippen LogP contribution in [0.15, 0.2) is 36.5 Å². The minimum atomic E-state index is -0.281. The summed E-state index contributed by atoms with van der Waals surface area (Å²) in [7, 11) is 1.42. The van der Waals surface area contributed by atoms with Crippen LogP contribution in [0, 0.1) is 5.92 Å². The van der Waals surface area contributed by atoms with E-state index in [0.717, 1.165) is 55.5 Å². The predicted molar refractivity (Wildman–Crippen MR) is 137 cm³/mol. The molecule has 2 fully saturated rings. The molecular weight excluding hydrogens is 478 g/mol. The number of hydrogen-bond acceptors (Lipinski definition) is 7. The largest absolute Gasteiger partial charge is 0.469 e. The number of nitrogens with one attached hydrogen (secondary N) is 1. The lowest BCUT2D eigenvalue weighted by Gasteiger charge is -2.30. The Hall–Kier alpha value is -2.94. The Bertz CT molecular complexity index is 1010. The number of benzene rings is 1. The fourth-order valence-corrected chi connectivity index (χ4v) is 5.97. The highest BCUT2D eigenvalue weighted by Crippen LogP contribution is 2.32. The summed E-state index contributed by atoms with van der Waals surface area (Å²) in [6.45, 7) is 1.52. The maximum absolute atomic E-state index is 12.8. The van der Waals surface area contributed by atoms with Gasteiger partial charge in [0.05, 0.1) is 18.3 Å².